The smallest absolute Gasteiger partial charge is 0.178 e. The van der Waals surface area contributed by atoms with Gasteiger partial charge < -0.3 is 4.74 Å². The first-order valence-corrected chi connectivity index (χ1v) is 7.07. The molecule has 0 aromatic heterocycles. The van der Waals surface area contributed by atoms with E-state index in [1.165, 1.54) is 0 Å². The highest BCUT2D eigenvalue weighted by Crippen LogP contribution is 2.22. The second-order valence-corrected chi connectivity index (χ2v) is 5.81. The summed E-state index contributed by atoms with van der Waals surface area (Å²) in [6.45, 7) is 5.81. The van der Waals surface area contributed by atoms with Crippen molar-refractivity contribution in [2.75, 3.05) is 19.7 Å². The number of hydrogen-bond donors (Lipinski definition) is 0. The van der Waals surface area contributed by atoms with E-state index in [0.717, 1.165) is 6.54 Å². The number of hydrogen-bond acceptors (Lipinski definition) is 3. The molecule has 0 N–H and O–H groups in total. The minimum Gasteiger partial charge on any atom is -0.376 e. The number of rotatable bonds is 3. The van der Waals surface area contributed by atoms with Crippen LogP contribution < -0.4 is 0 Å². The van der Waals surface area contributed by atoms with Gasteiger partial charge in [-0.2, -0.15) is 0 Å². The normalized spacial score (nSPS) is 24.4. The molecule has 19 heavy (non-hydrogen) atoms. The van der Waals surface area contributed by atoms with Gasteiger partial charge in [-0.25, -0.2) is 0 Å². The van der Waals surface area contributed by atoms with Crippen molar-refractivity contribution in [1.29, 1.82) is 0 Å². The molecule has 2 rings (SSSR count). The summed E-state index contributed by atoms with van der Waals surface area (Å²) in [4.78, 5) is 14.4. The zero-order valence-corrected chi connectivity index (χ0v) is 12.5. The molecule has 5 heteroatoms. The summed E-state index contributed by atoms with van der Waals surface area (Å²) in [5.74, 6) is -0.00606. The summed E-state index contributed by atoms with van der Waals surface area (Å²) in [7, 11) is 0. The van der Waals surface area contributed by atoms with Crippen LogP contribution in [-0.4, -0.2) is 42.5 Å². The molecule has 0 aliphatic carbocycles. The number of Topliss-reactive ketones (excluding diaryl/α,β-unsaturated/α-hetero) is 1. The summed E-state index contributed by atoms with van der Waals surface area (Å²) in [5, 5.41) is 0.972. The van der Waals surface area contributed by atoms with Crippen molar-refractivity contribution in [3.8, 4) is 0 Å². The molecular weight excluding hydrogens is 285 g/mol. The molecule has 1 aromatic rings. The first kappa shape index (κ1) is 14.8. The maximum atomic E-state index is 12.3. The van der Waals surface area contributed by atoms with Crippen LogP contribution in [0.25, 0.3) is 0 Å². The second kappa shape index (κ2) is 6.23. The Hall–Kier alpha value is -0.610. The van der Waals surface area contributed by atoms with Crippen LogP contribution in [0.1, 0.15) is 24.2 Å². The Morgan fingerprint density at radius 2 is 2.16 bits per heavy atom. The van der Waals surface area contributed by atoms with E-state index < -0.39 is 0 Å². The predicted molar refractivity (Wildman–Crippen MR) is 77.2 cm³/mol. The minimum atomic E-state index is -0.00606. The van der Waals surface area contributed by atoms with Gasteiger partial charge in [-0.15, -0.1) is 0 Å². The standard InChI is InChI=1S/C14H17Cl2NO2/c1-9-8-19-10(2)6-17(9)7-14(18)12-5-11(15)3-4-13(12)16/h3-5,9-10H,6-8H2,1-2H3. The fraction of sp³-hybridized carbons (Fsp3) is 0.500. The first-order chi connectivity index (χ1) is 8.97. The monoisotopic (exact) mass is 301 g/mol. The molecule has 2 atom stereocenters. The van der Waals surface area contributed by atoms with Crippen molar-refractivity contribution in [2.45, 2.75) is 26.0 Å². The lowest BCUT2D eigenvalue weighted by Gasteiger charge is -2.36. The van der Waals surface area contributed by atoms with Crippen LogP contribution in [0.4, 0.5) is 0 Å². The molecule has 0 saturated carbocycles. The van der Waals surface area contributed by atoms with Crippen LogP contribution in [0.2, 0.25) is 10.0 Å². The molecule has 2 unspecified atom stereocenters. The van der Waals surface area contributed by atoms with Gasteiger partial charge in [0, 0.05) is 23.2 Å². The average Bonchev–Trinajstić information content (AvgIpc) is 2.36. The molecule has 0 bridgehead atoms. The molecule has 1 heterocycles. The Labute approximate surface area is 123 Å². The van der Waals surface area contributed by atoms with Crippen LogP contribution in [0.3, 0.4) is 0 Å². The molecule has 1 aromatic carbocycles. The summed E-state index contributed by atoms with van der Waals surface area (Å²) < 4.78 is 5.55. The molecular formula is C14H17Cl2NO2. The molecule has 0 spiro atoms. The van der Waals surface area contributed by atoms with Gasteiger partial charge in [0.1, 0.15) is 0 Å². The second-order valence-electron chi connectivity index (χ2n) is 4.97. The largest absolute Gasteiger partial charge is 0.376 e. The molecule has 1 aliphatic rings. The molecule has 1 fully saturated rings. The Balaban J connectivity index is 2.10. The van der Waals surface area contributed by atoms with Gasteiger partial charge in [0.25, 0.3) is 0 Å². The number of ketones is 1. The molecule has 3 nitrogen and oxygen atoms in total. The van der Waals surface area contributed by atoms with Crippen molar-refractivity contribution in [3.63, 3.8) is 0 Å². The highest BCUT2D eigenvalue weighted by atomic mass is 35.5. The van der Waals surface area contributed by atoms with Gasteiger partial charge in [-0.3, -0.25) is 9.69 Å². The van der Waals surface area contributed by atoms with E-state index in [-0.39, 0.29) is 17.9 Å². The van der Waals surface area contributed by atoms with Gasteiger partial charge in [0.05, 0.1) is 24.3 Å². The summed E-state index contributed by atoms with van der Waals surface area (Å²) in [5.41, 5.74) is 0.487. The average molecular weight is 302 g/mol. The van der Waals surface area contributed by atoms with Crippen molar-refractivity contribution in [1.82, 2.24) is 4.90 Å². The number of benzene rings is 1. The SMILES string of the molecule is CC1CN(CC(=O)c2cc(Cl)ccc2Cl)C(C)CO1. The van der Waals surface area contributed by atoms with Crippen molar-refractivity contribution >= 4 is 29.0 Å². The van der Waals surface area contributed by atoms with E-state index in [4.69, 9.17) is 27.9 Å². The number of ether oxygens (including phenoxy) is 1. The van der Waals surface area contributed by atoms with Crippen LogP contribution in [-0.2, 0) is 4.74 Å². The molecule has 104 valence electrons. The Morgan fingerprint density at radius 1 is 1.42 bits per heavy atom. The number of carbonyl (C=O) groups is 1. The van der Waals surface area contributed by atoms with E-state index in [1.54, 1.807) is 18.2 Å². The lowest BCUT2D eigenvalue weighted by molar-refractivity contribution is -0.0460. The molecule has 0 radical (unpaired) electrons. The highest BCUT2D eigenvalue weighted by Gasteiger charge is 2.26. The lowest BCUT2D eigenvalue weighted by Crippen LogP contribution is -2.49. The number of carbonyl (C=O) groups excluding carboxylic acids is 1. The van der Waals surface area contributed by atoms with Crippen molar-refractivity contribution < 1.29 is 9.53 Å². The quantitative estimate of drug-likeness (QED) is 0.803. The molecule has 1 aliphatic heterocycles. The third-order valence-corrected chi connectivity index (χ3v) is 3.88. The summed E-state index contributed by atoms with van der Waals surface area (Å²) in [6, 6.07) is 5.20. The van der Waals surface area contributed by atoms with E-state index in [9.17, 15) is 4.79 Å². The van der Waals surface area contributed by atoms with Gasteiger partial charge in [-0.05, 0) is 32.0 Å². The highest BCUT2D eigenvalue weighted by molar-refractivity contribution is 6.36. The molecule has 0 amide bonds. The molecule has 1 saturated heterocycles. The van der Waals surface area contributed by atoms with Gasteiger partial charge in [0.2, 0.25) is 0 Å². The minimum absolute atomic E-state index is 0.00606. The Morgan fingerprint density at radius 3 is 2.89 bits per heavy atom. The van der Waals surface area contributed by atoms with E-state index >= 15 is 0 Å². The lowest BCUT2D eigenvalue weighted by atomic mass is 10.1. The third-order valence-electron chi connectivity index (χ3n) is 3.31. The maximum Gasteiger partial charge on any atom is 0.178 e. The number of nitrogens with zero attached hydrogens (tertiary/aromatic N) is 1. The zero-order chi connectivity index (χ0) is 14.0. The summed E-state index contributed by atoms with van der Waals surface area (Å²) >= 11 is 12.0. The third kappa shape index (κ3) is 3.69. The first-order valence-electron chi connectivity index (χ1n) is 6.31. The number of morpholine rings is 1. The Kier molecular flexibility index (Phi) is 4.85. The van der Waals surface area contributed by atoms with Crippen molar-refractivity contribution in [2.24, 2.45) is 0 Å². The van der Waals surface area contributed by atoms with Gasteiger partial charge in [0.15, 0.2) is 5.78 Å². The van der Waals surface area contributed by atoms with Crippen molar-refractivity contribution in [3.05, 3.63) is 33.8 Å². The van der Waals surface area contributed by atoms with Crippen LogP contribution in [0.5, 0.6) is 0 Å². The van der Waals surface area contributed by atoms with Crippen LogP contribution >= 0.6 is 23.2 Å². The van der Waals surface area contributed by atoms with Gasteiger partial charge >= 0.3 is 0 Å². The fourth-order valence-corrected chi connectivity index (χ4v) is 2.57. The topological polar surface area (TPSA) is 29.5 Å². The Bertz CT molecular complexity index is 479. The van der Waals surface area contributed by atoms with Crippen LogP contribution in [0.15, 0.2) is 18.2 Å². The van der Waals surface area contributed by atoms with Crippen LogP contribution in [0, 0.1) is 0 Å². The maximum absolute atomic E-state index is 12.3. The van der Waals surface area contributed by atoms with E-state index in [1.807, 2.05) is 6.92 Å². The van der Waals surface area contributed by atoms with E-state index in [0.29, 0.717) is 28.8 Å². The fourth-order valence-electron chi connectivity index (χ4n) is 2.17. The predicted octanol–water partition coefficient (Wildman–Crippen LogP) is 3.29. The zero-order valence-electron chi connectivity index (χ0n) is 11.0. The van der Waals surface area contributed by atoms with E-state index in [2.05, 4.69) is 11.8 Å². The summed E-state index contributed by atoms with van der Waals surface area (Å²) in [6.07, 6.45) is 0.152. The van der Waals surface area contributed by atoms with Gasteiger partial charge in [-0.1, -0.05) is 23.2 Å². The number of halogens is 2.